The third-order valence-corrected chi connectivity index (χ3v) is 7.27. The molecule has 0 saturated carbocycles. The summed E-state index contributed by atoms with van der Waals surface area (Å²) in [5.41, 5.74) is 1.61. The molecule has 4 rings (SSSR count). The SMILES string of the molecule is O=C(O)c1sc(-c2ccccc2)cc1N(CC1CCNCC1)C(=O)c1ccc(Cl)cc1Cl. The third kappa shape index (κ3) is 4.99. The lowest BCUT2D eigenvalue weighted by molar-refractivity contribution is 0.0703. The zero-order chi connectivity index (χ0) is 22.7. The van der Waals surface area contributed by atoms with E-state index in [1.165, 1.54) is 17.4 Å². The maximum Gasteiger partial charge on any atom is 0.348 e. The molecule has 0 atom stereocenters. The molecule has 2 heterocycles. The van der Waals surface area contributed by atoms with Crippen molar-refractivity contribution in [3.8, 4) is 10.4 Å². The van der Waals surface area contributed by atoms with Crippen LogP contribution in [0.2, 0.25) is 10.0 Å². The van der Waals surface area contributed by atoms with Gasteiger partial charge in [0.25, 0.3) is 5.91 Å². The van der Waals surface area contributed by atoms with E-state index in [9.17, 15) is 14.7 Å². The molecule has 1 aliphatic heterocycles. The van der Waals surface area contributed by atoms with Gasteiger partial charge < -0.3 is 15.3 Å². The van der Waals surface area contributed by atoms with E-state index in [2.05, 4.69) is 5.32 Å². The number of carboxylic acids is 1. The fourth-order valence-corrected chi connectivity index (χ4v) is 5.40. The highest BCUT2D eigenvalue weighted by Crippen LogP contribution is 2.38. The number of thiophene rings is 1. The largest absolute Gasteiger partial charge is 0.477 e. The number of carbonyl (C=O) groups is 2. The second-order valence-electron chi connectivity index (χ2n) is 7.73. The van der Waals surface area contributed by atoms with Crippen LogP contribution in [0.25, 0.3) is 10.4 Å². The minimum atomic E-state index is -1.06. The van der Waals surface area contributed by atoms with E-state index in [4.69, 9.17) is 23.2 Å². The van der Waals surface area contributed by atoms with E-state index in [1.54, 1.807) is 23.1 Å². The summed E-state index contributed by atoms with van der Waals surface area (Å²) in [5, 5.41) is 13.9. The Labute approximate surface area is 200 Å². The Bertz CT molecular complexity index is 1130. The highest BCUT2D eigenvalue weighted by atomic mass is 35.5. The molecule has 3 aromatic rings. The summed E-state index contributed by atoms with van der Waals surface area (Å²) in [4.78, 5) is 28.3. The monoisotopic (exact) mass is 488 g/mol. The predicted octanol–water partition coefficient (Wildman–Crippen LogP) is 6.07. The Morgan fingerprint density at radius 1 is 1.06 bits per heavy atom. The van der Waals surface area contributed by atoms with Gasteiger partial charge in [0.15, 0.2) is 0 Å². The topological polar surface area (TPSA) is 69.6 Å². The van der Waals surface area contributed by atoms with Crippen LogP contribution in [0.15, 0.2) is 54.6 Å². The maximum absolute atomic E-state index is 13.7. The number of piperidine rings is 1. The molecule has 32 heavy (non-hydrogen) atoms. The first-order valence-corrected chi connectivity index (χ1v) is 11.9. The molecule has 2 N–H and O–H groups in total. The number of carbonyl (C=O) groups excluding carboxylic acids is 1. The number of hydrogen-bond donors (Lipinski definition) is 2. The zero-order valence-corrected chi connectivity index (χ0v) is 19.5. The van der Waals surface area contributed by atoms with E-state index >= 15 is 0 Å². The summed E-state index contributed by atoms with van der Waals surface area (Å²) >= 11 is 13.5. The number of nitrogens with zero attached hydrogens (tertiary/aromatic N) is 1. The average Bonchev–Trinajstić information content (AvgIpc) is 3.24. The van der Waals surface area contributed by atoms with Crippen LogP contribution in [0.3, 0.4) is 0 Å². The van der Waals surface area contributed by atoms with Gasteiger partial charge in [-0.15, -0.1) is 11.3 Å². The summed E-state index contributed by atoms with van der Waals surface area (Å²) in [5.74, 6) is -1.13. The van der Waals surface area contributed by atoms with Crippen molar-refractivity contribution >= 4 is 52.1 Å². The Morgan fingerprint density at radius 2 is 1.78 bits per heavy atom. The van der Waals surface area contributed by atoms with Crippen molar-refractivity contribution < 1.29 is 14.7 Å². The summed E-state index contributed by atoms with van der Waals surface area (Å²) in [6.07, 6.45) is 1.83. The highest BCUT2D eigenvalue weighted by Gasteiger charge is 2.30. The fraction of sp³-hybridized carbons (Fsp3) is 0.250. The molecule has 2 aromatic carbocycles. The van der Waals surface area contributed by atoms with Gasteiger partial charge in [0, 0.05) is 16.4 Å². The molecule has 0 radical (unpaired) electrons. The summed E-state index contributed by atoms with van der Waals surface area (Å²) in [7, 11) is 0. The van der Waals surface area contributed by atoms with E-state index in [0.717, 1.165) is 36.4 Å². The van der Waals surface area contributed by atoms with Gasteiger partial charge in [-0.1, -0.05) is 53.5 Å². The predicted molar refractivity (Wildman–Crippen MR) is 130 cm³/mol. The van der Waals surface area contributed by atoms with Crippen molar-refractivity contribution in [2.75, 3.05) is 24.5 Å². The molecule has 0 unspecified atom stereocenters. The molecular formula is C24H22Cl2N2O3S. The maximum atomic E-state index is 13.7. The molecule has 1 aromatic heterocycles. The number of aromatic carboxylic acids is 1. The number of amides is 1. The van der Waals surface area contributed by atoms with Gasteiger partial charge in [0.1, 0.15) is 4.88 Å². The number of halogens is 2. The van der Waals surface area contributed by atoms with Crippen LogP contribution in [0.1, 0.15) is 32.9 Å². The van der Waals surface area contributed by atoms with Crippen LogP contribution in [-0.4, -0.2) is 36.6 Å². The van der Waals surface area contributed by atoms with Gasteiger partial charge >= 0.3 is 5.97 Å². The molecule has 1 amide bonds. The van der Waals surface area contributed by atoms with E-state index in [1.807, 2.05) is 30.3 Å². The number of rotatable bonds is 6. The lowest BCUT2D eigenvalue weighted by Gasteiger charge is -2.30. The quantitative estimate of drug-likeness (QED) is 0.441. The first-order chi connectivity index (χ1) is 15.4. The van der Waals surface area contributed by atoms with Crippen LogP contribution in [0.5, 0.6) is 0 Å². The van der Waals surface area contributed by atoms with Crippen LogP contribution in [-0.2, 0) is 0 Å². The Hall–Kier alpha value is -2.38. The van der Waals surface area contributed by atoms with Crippen molar-refractivity contribution in [2.24, 2.45) is 5.92 Å². The van der Waals surface area contributed by atoms with Gasteiger partial charge in [-0.25, -0.2) is 4.79 Å². The van der Waals surface area contributed by atoms with Crippen LogP contribution < -0.4 is 10.2 Å². The molecule has 1 saturated heterocycles. The first-order valence-electron chi connectivity index (χ1n) is 10.3. The Balaban J connectivity index is 1.79. The lowest BCUT2D eigenvalue weighted by atomic mass is 9.97. The third-order valence-electron chi connectivity index (χ3n) is 5.56. The van der Waals surface area contributed by atoms with Crippen molar-refractivity contribution in [3.05, 3.63) is 75.1 Å². The molecule has 8 heteroatoms. The molecule has 1 fully saturated rings. The first kappa shape index (κ1) is 22.8. The summed E-state index contributed by atoms with van der Waals surface area (Å²) in [6.45, 7) is 2.17. The van der Waals surface area contributed by atoms with Crippen molar-refractivity contribution in [1.29, 1.82) is 0 Å². The Morgan fingerprint density at radius 3 is 2.44 bits per heavy atom. The highest BCUT2D eigenvalue weighted by molar-refractivity contribution is 7.18. The van der Waals surface area contributed by atoms with Gasteiger partial charge in [0.05, 0.1) is 16.3 Å². The standard InChI is InChI=1S/C24H22Cl2N2O3S/c25-17-6-7-18(19(26)12-17)23(29)28(14-15-8-10-27-11-9-15)20-13-21(32-22(20)24(30)31)16-4-2-1-3-5-16/h1-7,12-13,15,27H,8-11,14H2,(H,30,31). The minimum absolute atomic E-state index is 0.135. The Kier molecular flexibility index (Phi) is 7.16. The number of carboxylic acid groups (broad SMARTS) is 1. The van der Waals surface area contributed by atoms with E-state index in [0.29, 0.717) is 22.8 Å². The van der Waals surface area contributed by atoms with Crippen molar-refractivity contribution in [3.63, 3.8) is 0 Å². The van der Waals surface area contributed by atoms with Gasteiger partial charge in [-0.05, 0) is 61.7 Å². The zero-order valence-electron chi connectivity index (χ0n) is 17.2. The minimum Gasteiger partial charge on any atom is -0.477 e. The normalized spacial score (nSPS) is 14.3. The fourth-order valence-electron chi connectivity index (χ4n) is 3.90. The number of nitrogens with one attached hydrogen (secondary N) is 1. The van der Waals surface area contributed by atoms with Crippen LogP contribution >= 0.6 is 34.5 Å². The molecule has 0 aliphatic carbocycles. The molecule has 0 spiro atoms. The molecule has 1 aliphatic rings. The number of hydrogen-bond acceptors (Lipinski definition) is 4. The molecule has 0 bridgehead atoms. The second-order valence-corrected chi connectivity index (χ2v) is 9.63. The van der Waals surface area contributed by atoms with Gasteiger partial charge in [0.2, 0.25) is 0 Å². The molecule has 5 nitrogen and oxygen atoms in total. The van der Waals surface area contributed by atoms with Gasteiger partial charge in [-0.3, -0.25) is 4.79 Å². The number of anilines is 1. The summed E-state index contributed by atoms with van der Waals surface area (Å²) in [6, 6.07) is 16.1. The smallest absolute Gasteiger partial charge is 0.348 e. The molecule has 166 valence electrons. The lowest BCUT2D eigenvalue weighted by Crippen LogP contribution is -2.40. The second kappa shape index (κ2) is 10.0. The van der Waals surface area contributed by atoms with Crippen molar-refractivity contribution in [2.45, 2.75) is 12.8 Å². The van der Waals surface area contributed by atoms with Crippen molar-refractivity contribution in [1.82, 2.24) is 5.32 Å². The molecular weight excluding hydrogens is 467 g/mol. The van der Waals surface area contributed by atoms with E-state index in [-0.39, 0.29) is 21.7 Å². The van der Waals surface area contributed by atoms with E-state index < -0.39 is 5.97 Å². The van der Waals surface area contributed by atoms with Crippen LogP contribution in [0.4, 0.5) is 5.69 Å². The average molecular weight is 489 g/mol. The van der Waals surface area contributed by atoms with Gasteiger partial charge in [-0.2, -0.15) is 0 Å². The summed E-state index contributed by atoms with van der Waals surface area (Å²) < 4.78 is 0. The van der Waals surface area contributed by atoms with Crippen LogP contribution in [0, 0.1) is 5.92 Å². The number of benzene rings is 2.